The minimum absolute atomic E-state index is 0.0676. The first-order valence-corrected chi connectivity index (χ1v) is 11.6. The summed E-state index contributed by atoms with van der Waals surface area (Å²) in [5, 5.41) is 0. The lowest BCUT2D eigenvalue weighted by Crippen LogP contribution is -2.41. The van der Waals surface area contributed by atoms with Crippen LogP contribution in [0.3, 0.4) is 0 Å². The van der Waals surface area contributed by atoms with Crippen LogP contribution in [-0.4, -0.2) is 56.2 Å². The van der Waals surface area contributed by atoms with E-state index in [4.69, 9.17) is 9.47 Å². The van der Waals surface area contributed by atoms with Crippen molar-refractivity contribution in [3.05, 3.63) is 12.2 Å². The third kappa shape index (κ3) is 7.62. The van der Waals surface area contributed by atoms with Gasteiger partial charge in [0.15, 0.2) is 0 Å². The molecular formula is C19H31NO6S. The lowest BCUT2D eigenvalue weighted by atomic mass is 9.98. The minimum atomic E-state index is -3.21. The molecular weight excluding hydrogens is 370 g/mol. The second-order valence-electron chi connectivity index (χ2n) is 7.50. The van der Waals surface area contributed by atoms with Crippen molar-refractivity contribution in [1.29, 1.82) is 0 Å². The van der Waals surface area contributed by atoms with Crippen LogP contribution in [0.4, 0.5) is 0 Å². The van der Waals surface area contributed by atoms with E-state index in [1.165, 1.54) is 29.8 Å². The predicted molar refractivity (Wildman–Crippen MR) is 101 cm³/mol. The van der Waals surface area contributed by atoms with Gasteiger partial charge in [-0.15, -0.1) is 0 Å². The van der Waals surface area contributed by atoms with Crippen LogP contribution in [0.15, 0.2) is 12.2 Å². The van der Waals surface area contributed by atoms with Crippen LogP contribution in [0.5, 0.6) is 0 Å². The molecule has 0 amide bonds. The molecule has 1 aliphatic carbocycles. The molecule has 27 heavy (non-hydrogen) atoms. The molecule has 1 heterocycles. The van der Waals surface area contributed by atoms with E-state index in [1.54, 1.807) is 0 Å². The zero-order valence-corrected chi connectivity index (χ0v) is 17.0. The predicted octanol–water partition coefficient (Wildman–Crippen LogP) is 2.56. The summed E-state index contributed by atoms with van der Waals surface area (Å²) >= 11 is 0. The summed E-state index contributed by atoms with van der Waals surface area (Å²) in [4.78, 5) is 24.3. The van der Waals surface area contributed by atoms with Crippen LogP contribution in [0, 0.1) is 0 Å². The van der Waals surface area contributed by atoms with Gasteiger partial charge < -0.3 is 9.47 Å². The Morgan fingerprint density at radius 1 is 0.926 bits per heavy atom. The molecule has 0 spiro atoms. The molecule has 0 radical (unpaired) electrons. The lowest BCUT2D eigenvalue weighted by molar-refractivity contribution is -0.153. The van der Waals surface area contributed by atoms with Crippen molar-refractivity contribution >= 4 is 22.0 Å². The fourth-order valence-corrected chi connectivity index (χ4v) is 4.40. The second-order valence-corrected chi connectivity index (χ2v) is 9.49. The van der Waals surface area contributed by atoms with Gasteiger partial charge in [0.1, 0.15) is 12.2 Å². The third-order valence-electron chi connectivity index (χ3n) is 5.14. The molecule has 0 aromatic heterocycles. The number of hydrogen-bond donors (Lipinski definition) is 0. The number of sulfonamides is 1. The molecule has 2 rings (SSSR count). The smallest absolute Gasteiger partial charge is 0.334 e. The topological polar surface area (TPSA) is 90.0 Å². The van der Waals surface area contributed by atoms with Gasteiger partial charge in [-0.2, -0.15) is 0 Å². The van der Waals surface area contributed by atoms with Crippen molar-refractivity contribution in [2.45, 2.75) is 76.4 Å². The number of esters is 2. The molecule has 154 valence electrons. The highest BCUT2D eigenvalue weighted by atomic mass is 32.2. The van der Waals surface area contributed by atoms with Crippen LogP contribution in [0.25, 0.3) is 0 Å². The maximum Gasteiger partial charge on any atom is 0.334 e. The van der Waals surface area contributed by atoms with Crippen LogP contribution in [0.2, 0.25) is 0 Å². The average molecular weight is 402 g/mol. The second kappa shape index (κ2) is 10.2. The Hall–Kier alpha value is -1.41. The summed E-state index contributed by atoms with van der Waals surface area (Å²) in [7, 11) is -3.21. The highest BCUT2D eigenvalue weighted by Gasteiger charge is 2.28. The molecule has 1 aliphatic heterocycles. The van der Waals surface area contributed by atoms with E-state index in [2.05, 4.69) is 6.58 Å². The summed E-state index contributed by atoms with van der Waals surface area (Å²) in [5.74, 6) is -1.04. The van der Waals surface area contributed by atoms with Gasteiger partial charge in [-0.1, -0.05) is 25.8 Å². The molecule has 0 bridgehead atoms. The Labute approximate surface area is 162 Å². The minimum Gasteiger partial charge on any atom is -0.462 e. The number of carbonyl (C=O) groups excluding carboxylic acids is 2. The number of hydrogen-bond acceptors (Lipinski definition) is 6. The van der Waals surface area contributed by atoms with Crippen molar-refractivity contribution in [3.8, 4) is 0 Å². The Morgan fingerprint density at radius 3 is 2.00 bits per heavy atom. The van der Waals surface area contributed by atoms with Crippen molar-refractivity contribution in [1.82, 2.24) is 4.31 Å². The monoisotopic (exact) mass is 401 g/mol. The number of piperidine rings is 1. The van der Waals surface area contributed by atoms with E-state index >= 15 is 0 Å². The first-order valence-electron chi connectivity index (χ1n) is 9.79. The van der Waals surface area contributed by atoms with Gasteiger partial charge in [0, 0.05) is 18.7 Å². The Morgan fingerprint density at radius 2 is 1.44 bits per heavy atom. The van der Waals surface area contributed by atoms with Gasteiger partial charge in [-0.3, -0.25) is 4.79 Å². The van der Waals surface area contributed by atoms with Crippen molar-refractivity contribution < 1.29 is 27.5 Å². The normalized spacial score (nSPS) is 21.1. The number of ether oxygens (including phenoxy) is 2. The molecule has 2 aliphatic rings. The fraction of sp³-hybridized carbons (Fsp3) is 0.789. The van der Waals surface area contributed by atoms with Crippen molar-refractivity contribution in [2.24, 2.45) is 0 Å². The summed E-state index contributed by atoms with van der Waals surface area (Å²) in [6, 6.07) is 0. The van der Waals surface area contributed by atoms with Gasteiger partial charge in [0.2, 0.25) is 10.0 Å². The first kappa shape index (κ1) is 21.9. The molecule has 7 nitrogen and oxygen atoms in total. The largest absolute Gasteiger partial charge is 0.462 e. The average Bonchev–Trinajstić information content (AvgIpc) is 2.56. The van der Waals surface area contributed by atoms with Crippen LogP contribution in [-0.2, 0) is 29.1 Å². The SMILES string of the molecule is C=C(CC(=O)OC1CCCCCCC1)C(=O)OC1CCN(S(C)(=O)=O)CC1. The van der Waals surface area contributed by atoms with Gasteiger partial charge in [-0.05, 0) is 38.5 Å². The maximum absolute atomic E-state index is 12.2. The van der Waals surface area contributed by atoms with Gasteiger partial charge in [0.05, 0.1) is 12.7 Å². The molecule has 1 saturated carbocycles. The lowest BCUT2D eigenvalue weighted by Gasteiger charge is -2.30. The summed E-state index contributed by atoms with van der Waals surface area (Å²) < 4.78 is 35.3. The van der Waals surface area contributed by atoms with E-state index in [9.17, 15) is 18.0 Å². The summed E-state index contributed by atoms with van der Waals surface area (Å²) in [6.07, 6.45) is 8.93. The maximum atomic E-state index is 12.2. The van der Waals surface area contributed by atoms with Crippen LogP contribution in [0.1, 0.15) is 64.2 Å². The van der Waals surface area contributed by atoms with Crippen molar-refractivity contribution in [2.75, 3.05) is 19.3 Å². The molecule has 0 aromatic carbocycles. The van der Waals surface area contributed by atoms with E-state index in [0.29, 0.717) is 25.9 Å². The summed E-state index contributed by atoms with van der Waals surface area (Å²) in [6.45, 7) is 4.31. The fourth-order valence-electron chi connectivity index (χ4n) is 3.53. The van der Waals surface area contributed by atoms with Crippen molar-refractivity contribution in [3.63, 3.8) is 0 Å². The Balaban J connectivity index is 1.72. The molecule has 0 aromatic rings. The van der Waals surface area contributed by atoms with E-state index in [0.717, 1.165) is 25.7 Å². The third-order valence-corrected chi connectivity index (χ3v) is 6.44. The standard InChI is InChI=1S/C19H31NO6S/c1-15(14-18(21)25-16-8-6-4-3-5-7-9-16)19(22)26-17-10-12-20(13-11-17)27(2,23)24/h16-17H,1,3-14H2,2H3. The molecule has 0 unspecified atom stereocenters. The number of nitrogens with zero attached hydrogens (tertiary/aromatic N) is 1. The van der Waals surface area contributed by atoms with Gasteiger partial charge in [0.25, 0.3) is 0 Å². The zero-order chi connectivity index (χ0) is 19.9. The summed E-state index contributed by atoms with van der Waals surface area (Å²) in [5.41, 5.74) is 0.0800. The molecule has 8 heteroatoms. The van der Waals surface area contributed by atoms with E-state index in [1.807, 2.05) is 0 Å². The number of carbonyl (C=O) groups is 2. The molecule has 0 atom stereocenters. The Bertz CT molecular complexity index is 629. The molecule has 0 N–H and O–H groups in total. The first-order chi connectivity index (χ1) is 12.8. The van der Waals surface area contributed by atoms with E-state index in [-0.39, 0.29) is 24.2 Å². The quantitative estimate of drug-likeness (QED) is 0.502. The van der Waals surface area contributed by atoms with Crippen LogP contribution >= 0.6 is 0 Å². The van der Waals surface area contributed by atoms with Gasteiger partial charge >= 0.3 is 11.9 Å². The zero-order valence-electron chi connectivity index (χ0n) is 16.2. The Kier molecular flexibility index (Phi) is 8.28. The number of rotatable bonds is 6. The van der Waals surface area contributed by atoms with Crippen LogP contribution < -0.4 is 0 Å². The molecule has 1 saturated heterocycles. The molecule has 2 fully saturated rings. The van der Waals surface area contributed by atoms with E-state index < -0.39 is 22.0 Å². The highest BCUT2D eigenvalue weighted by Crippen LogP contribution is 2.21. The van der Waals surface area contributed by atoms with Gasteiger partial charge in [-0.25, -0.2) is 17.5 Å². The highest BCUT2D eigenvalue weighted by molar-refractivity contribution is 7.88.